The third-order valence-electron chi connectivity index (χ3n) is 2.32. The lowest BCUT2D eigenvalue weighted by atomic mass is 9.94. The van der Waals surface area contributed by atoms with Crippen molar-refractivity contribution in [3.63, 3.8) is 0 Å². The lowest BCUT2D eigenvalue weighted by molar-refractivity contribution is 0.603. The molecular formula is C13H20S. The molecule has 0 spiro atoms. The van der Waals surface area contributed by atoms with Gasteiger partial charge in [0.15, 0.2) is 0 Å². The highest BCUT2D eigenvalue weighted by atomic mass is 32.1. The van der Waals surface area contributed by atoms with Gasteiger partial charge in [0, 0.05) is 9.75 Å². The number of thiophene rings is 1. The average molecular weight is 208 g/mol. The zero-order valence-corrected chi connectivity index (χ0v) is 10.5. The molecule has 0 unspecified atom stereocenters. The summed E-state index contributed by atoms with van der Waals surface area (Å²) in [5.41, 5.74) is 1.76. The summed E-state index contributed by atoms with van der Waals surface area (Å²) < 4.78 is 0. The summed E-state index contributed by atoms with van der Waals surface area (Å²) in [5.74, 6) is 0. The molecule has 1 rings (SSSR count). The van der Waals surface area contributed by atoms with Gasteiger partial charge in [0.1, 0.15) is 0 Å². The van der Waals surface area contributed by atoms with Gasteiger partial charge in [-0.1, -0.05) is 33.8 Å². The number of rotatable bonds is 3. The minimum absolute atomic E-state index is 0.286. The Labute approximate surface area is 91.7 Å². The first-order valence-corrected chi connectivity index (χ1v) is 6.03. The Hall–Kier alpha value is -0.560. The van der Waals surface area contributed by atoms with E-state index in [-0.39, 0.29) is 5.41 Å². The Morgan fingerprint density at radius 1 is 1.43 bits per heavy atom. The van der Waals surface area contributed by atoms with E-state index in [2.05, 4.69) is 40.3 Å². The standard InChI is InChI=1S/C13H20S/c1-6-8-10-9-12(13(3,4)5)14-11(10)7-2/h6,9H,1,7-8H2,2-5H3. The van der Waals surface area contributed by atoms with E-state index in [1.165, 1.54) is 15.3 Å². The summed E-state index contributed by atoms with van der Waals surface area (Å²) >= 11 is 1.96. The van der Waals surface area contributed by atoms with E-state index in [1.54, 1.807) is 0 Å². The Bertz CT molecular complexity index is 312. The molecule has 0 aliphatic rings. The number of aryl methyl sites for hydroxylation is 1. The molecule has 0 nitrogen and oxygen atoms in total. The summed E-state index contributed by atoms with van der Waals surface area (Å²) in [6, 6.07) is 2.35. The van der Waals surface area contributed by atoms with E-state index < -0.39 is 0 Å². The van der Waals surface area contributed by atoms with Crippen LogP contribution in [0.1, 0.15) is 43.0 Å². The van der Waals surface area contributed by atoms with Crippen LogP contribution in [0, 0.1) is 0 Å². The summed E-state index contributed by atoms with van der Waals surface area (Å²) in [4.78, 5) is 3.01. The molecule has 1 heterocycles. The van der Waals surface area contributed by atoms with E-state index in [0.717, 1.165) is 12.8 Å². The molecule has 0 radical (unpaired) electrons. The van der Waals surface area contributed by atoms with Crippen LogP contribution in [0.4, 0.5) is 0 Å². The highest BCUT2D eigenvalue weighted by Crippen LogP contribution is 2.33. The molecule has 78 valence electrons. The molecule has 0 aliphatic heterocycles. The van der Waals surface area contributed by atoms with Crippen molar-refractivity contribution in [3.8, 4) is 0 Å². The van der Waals surface area contributed by atoms with Crippen LogP contribution in [0.15, 0.2) is 18.7 Å². The second kappa shape index (κ2) is 4.31. The minimum Gasteiger partial charge on any atom is -0.145 e. The van der Waals surface area contributed by atoms with Crippen molar-refractivity contribution in [2.24, 2.45) is 0 Å². The lowest BCUT2D eigenvalue weighted by Crippen LogP contribution is -2.07. The van der Waals surface area contributed by atoms with Crippen LogP contribution in [0.3, 0.4) is 0 Å². The van der Waals surface area contributed by atoms with Gasteiger partial charge in [-0.3, -0.25) is 0 Å². The Morgan fingerprint density at radius 3 is 2.50 bits per heavy atom. The van der Waals surface area contributed by atoms with Crippen LogP contribution in [0.2, 0.25) is 0 Å². The molecule has 1 heteroatoms. The van der Waals surface area contributed by atoms with Crippen LogP contribution in [0.25, 0.3) is 0 Å². The molecule has 0 amide bonds. The molecule has 0 fully saturated rings. The first-order chi connectivity index (χ1) is 6.49. The maximum absolute atomic E-state index is 3.81. The van der Waals surface area contributed by atoms with Crippen molar-refractivity contribution < 1.29 is 0 Å². The highest BCUT2D eigenvalue weighted by Gasteiger charge is 2.18. The van der Waals surface area contributed by atoms with Gasteiger partial charge < -0.3 is 0 Å². The van der Waals surface area contributed by atoms with Crippen LogP contribution in [-0.4, -0.2) is 0 Å². The molecular weight excluding hydrogens is 188 g/mol. The van der Waals surface area contributed by atoms with Crippen molar-refractivity contribution in [2.75, 3.05) is 0 Å². The van der Waals surface area contributed by atoms with Crippen molar-refractivity contribution in [1.82, 2.24) is 0 Å². The van der Waals surface area contributed by atoms with Gasteiger partial charge in [0.2, 0.25) is 0 Å². The smallest absolute Gasteiger partial charge is 0.0105 e. The third-order valence-corrected chi connectivity index (χ3v) is 4.07. The summed E-state index contributed by atoms with van der Waals surface area (Å²) in [6.07, 6.45) is 4.15. The normalized spacial score (nSPS) is 11.7. The number of allylic oxidation sites excluding steroid dienone is 1. The SMILES string of the molecule is C=CCc1cc(C(C)(C)C)sc1CC. The van der Waals surface area contributed by atoms with Crippen LogP contribution < -0.4 is 0 Å². The molecule has 0 atom stereocenters. The third kappa shape index (κ3) is 2.48. The minimum atomic E-state index is 0.286. The van der Waals surface area contributed by atoms with Gasteiger partial charge in [-0.25, -0.2) is 0 Å². The quantitative estimate of drug-likeness (QED) is 0.648. The highest BCUT2D eigenvalue weighted by molar-refractivity contribution is 7.12. The molecule has 0 saturated carbocycles. The van der Waals surface area contributed by atoms with E-state index in [0.29, 0.717) is 0 Å². The first kappa shape index (κ1) is 11.5. The Kier molecular flexibility index (Phi) is 3.54. The van der Waals surface area contributed by atoms with Crippen LogP contribution in [0.5, 0.6) is 0 Å². The van der Waals surface area contributed by atoms with Crippen molar-refractivity contribution in [3.05, 3.63) is 34.0 Å². The summed E-state index contributed by atoms with van der Waals surface area (Å²) in [7, 11) is 0. The van der Waals surface area contributed by atoms with Gasteiger partial charge >= 0.3 is 0 Å². The fourth-order valence-corrected chi connectivity index (χ4v) is 2.65. The maximum atomic E-state index is 3.81. The van der Waals surface area contributed by atoms with E-state index >= 15 is 0 Å². The van der Waals surface area contributed by atoms with Gasteiger partial charge in [0.25, 0.3) is 0 Å². The fourth-order valence-electron chi connectivity index (χ4n) is 1.46. The van der Waals surface area contributed by atoms with Crippen LogP contribution in [-0.2, 0) is 18.3 Å². The zero-order valence-electron chi connectivity index (χ0n) is 9.68. The predicted octanol–water partition coefficient (Wildman–Crippen LogP) is 4.34. The number of hydrogen-bond acceptors (Lipinski definition) is 1. The largest absolute Gasteiger partial charge is 0.145 e. The van der Waals surface area contributed by atoms with E-state index in [9.17, 15) is 0 Å². The monoisotopic (exact) mass is 208 g/mol. The van der Waals surface area contributed by atoms with Gasteiger partial charge in [-0.2, -0.15) is 0 Å². The predicted molar refractivity (Wildman–Crippen MR) is 66.3 cm³/mol. The van der Waals surface area contributed by atoms with Crippen molar-refractivity contribution in [2.45, 2.75) is 46.0 Å². The Balaban J connectivity index is 3.06. The van der Waals surface area contributed by atoms with Gasteiger partial charge in [-0.15, -0.1) is 17.9 Å². The average Bonchev–Trinajstić information content (AvgIpc) is 2.47. The molecule has 0 saturated heterocycles. The molecule has 0 aliphatic carbocycles. The Morgan fingerprint density at radius 2 is 2.07 bits per heavy atom. The molecule has 1 aromatic rings. The number of hydrogen-bond donors (Lipinski definition) is 0. The first-order valence-electron chi connectivity index (χ1n) is 5.22. The molecule has 14 heavy (non-hydrogen) atoms. The fraction of sp³-hybridized carbons (Fsp3) is 0.538. The van der Waals surface area contributed by atoms with Crippen molar-refractivity contribution in [1.29, 1.82) is 0 Å². The second-order valence-electron chi connectivity index (χ2n) is 4.66. The van der Waals surface area contributed by atoms with Gasteiger partial charge in [-0.05, 0) is 29.9 Å². The van der Waals surface area contributed by atoms with Crippen LogP contribution >= 0.6 is 11.3 Å². The summed E-state index contributed by atoms with van der Waals surface area (Å²) in [5, 5.41) is 0. The van der Waals surface area contributed by atoms with Gasteiger partial charge in [0.05, 0.1) is 0 Å². The van der Waals surface area contributed by atoms with Crippen molar-refractivity contribution >= 4 is 11.3 Å². The molecule has 0 N–H and O–H groups in total. The van der Waals surface area contributed by atoms with E-state index in [1.807, 2.05) is 17.4 Å². The zero-order chi connectivity index (χ0) is 10.8. The molecule has 0 bridgehead atoms. The summed E-state index contributed by atoms with van der Waals surface area (Å²) in [6.45, 7) is 12.9. The molecule has 0 aromatic carbocycles. The van der Waals surface area contributed by atoms with E-state index in [4.69, 9.17) is 0 Å². The topological polar surface area (TPSA) is 0 Å². The lowest BCUT2D eigenvalue weighted by Gasteiger charge is -2.15. The second-order valence-corrected chi connectivity index (χ2v) is 5.79. The molecule has 1 aromatic heterocycles. The maximum Gasteiger partial charge on any atom is 0.0105 e.